The summed E-state index contributed by atoms with van der Waals surface area (Å²) in [5.74, 6) is -1.14. The molecule has 0 fully saturated rings. The molecule has 0 amide bonds. The van der Waals surface area contributed by atoms with Crippen LogP contribution in [0.15, 0.2) is 54.6 Å². The highest BCUT2D eigenvalue weighted by molar-refractivity contribution is 7.71. The number of nitrogens with zero attached hydrogens (tertiary/aromatic N) is 1. The lowest BCUT2D eigenvalue weighted by Gasteiger charge is -2.14. The first-order valence-corrected chi connectivity index (χ1v) is 8.70. The van der Waals surface area contributed by atoms with Crippen LogP contribution in [0.3, 0.4) is 0 Å². The molecule has 0 aliphatic rings. The second kappa shape index (κ2) is 7.85. The molecule has 3 rings (SSSR count). The van der Waals surface area contributed by atoms with Gasteiger partial charge in [0.1, 0.15) is 16.3 Å². The summed E-state index contributed by atoms with van der Waals surface area (Å²) in [4.78, 5) is 14.9. The minimum absolute atomic E-state index is 0.0585. The normalized spacial score (nSPS) is 10.2. The van der Waals surface area contributed by atoms with Gasteiger partial charge < -0.3 is 14.8 Å². The smallest absolute Gasteiger partial charge is 0.344 e. The molecule has 6 heteroatoms. The topological polar surface area (TPSA) is 86.1 Å². The zero-order valence-corrected chi connectivity index (χ0v) is 15.3. The Morgan fingerprint density at radius 1 is 1.15 bits per heavy atom. The number of H-pyrrole nitrogens is 1. The molecule has 134 valence electrons. The van der Waals surface area contributed by atoms with Gasteiger partial charge in [-0.2, -0.15) is 5.26 Å². The number of carbonyl (C=O) groups excluding carboxylic acids is 1. The minimum atomic E-state index is -0.724. The van der Waals surface area contributed by atoms with Crippen molar-refractivity contribution in [1.29, 1.82) is 5.26 Å². The molecule has 0 aliphatic heterocycles. The zero-order valence-electron chi connectivity index (χ0n) is 14.5. The summed E-state index contributed by atoms with van der Waals surface area (Å²) in [6, 6.07) is 19.1. The highest BCUT2D eigenvalue weighted by Gasteiger charge is 2.24. The molecule has 1 aromatic heterocycles. The molecular formula is C21H16N2O3S. The van der Waals surface area contributed by atoms with Gasteiger partial charge in [-0.1, -0.05) is 60.7 Å². The van der Waals surface area contributed by atoms with Gasteiger partial charge in [0.15, 0.2) is 0 Å². The number of aromatic amines is 1. The van der Waals surface area contributed by atoms with E-state index < -0.39 is 11.8 Å². The van der Waals surface area contributed by atoms with E-state index in [9.17, 15) is 15.2 Å². The fourth-order valence-corrected chi connectivity index (χ4v) is 3.12. The molecule has 27 heavy (non-hydrogen) atoms. The summed E-state index contributed by atoms with van der Waals surface area (Å²) in [5.41, 5.74) is 2.75. The Bertz CT molecular complexity index is 1100. The predicted octanol–water partition coefficient (Wildman–Crippen LogP) is 4.83. The quantitative estimate of drug-likeness (QED) is 0.503. The first-order chi connectivity index (χ1) is 13.1. The highest BCUT2D eigenvalue weighted by Crippen LogP contribution is 2.35. The van der Waals surface area contributed by atoms with Crippen molar-refractivity contribution >= 4 is 18.2 Å². The average molecular weight is 376 g/mol. The first kappa shape index (κ1) is 18.4. The van der Waals surface area contributed by atoms with Crippen LogP contribution in [0, 0.1) is 16.0 Å². The number of benzene rings is 2. The molecule has 0 bridgehead atoms. The number of hydrogen-bond donors (Lipinski definition) is 2. The van der Waals surface area contributed by atoms with Crippen LogP contribution in [0.4, 0.5) is 0 Å². The van der Waals surface area contributed by atoms with E-state index in [1.165, 1.54) is 0 Å². The lowest BCUT2D eigenvalue weighted by molar-refractivity contribution is 0.0523. The Hall–Kier alpha value is -3.43. The van der Waals surface area contributed by atoms with Crippen LogP contribution in [0.25, 0.3) is 22.3 Å². The van der Waals surface area contributed by atoms with Gasteiger partial charge in [-0.3, -0.25) is 0 Å². The molecule has 0 aliphatic carbocycles. The van der Waals surface area contributed by atoms with E-state index in [1.54, 1.807) is 13.0 Å². The zero-order chi connectivity index (χ0) is 19.4. The molecule has 2 aromatic carbocycles. The molecule has 0 atom stereocenters. The van der Waals surface area contributed by atoms with Crippen LogP contribution in [-0.4, -0.2) is 22.7 Å². The van der Waals surface area contributed by atoms with Crippen LogP contribution in [-0.2, 0) is 4.74 Å². The summed E-state index contributed by atoms with van der Waals surface area (Å²) in [6.45, 7) is 1.81. The molecule has 0 radical (unpaired) electrons. The standard InChI is InChI=1S/C21H16N2O3S/c1-2-26-21(25)18-17(16(12-22)20(27)23-19(18)24)15-10-6-9-14(11-15)13-7-4-3-5-8-13/h3-11H,2H2,1H3,(H2,23,24,27). The van der Waals surface area contributed by atoms with Crippen molar-refractivity contribution in [2.45, 2.75) is 6.92 Å². The fourth-order valence-electron chi connectivity index (χ4n) is 2.87. The SMILES string of the molecule is CCOC(=O)c1c(O)[nH]c(=S)c(C#N)c1-c1cccc(-c2ccccc2)c1. The minimum Gasteiger partial charge on any atom is -0.494 e. The largest absolute Gasteiger partial charge is 0.494 e. The van der Waals surface area contributed by atoms with Gasteiger partial charge in [-0.15, -0.1) is 0 Å². The summed E-state index contributed by atoms with van der Waals surface area (Å²) >= 11 is 5.17. The fraction of sp³-hybridized carbons (Fsp3) is 0.0952. The number of pyridine rings is 1. The molecular weight excluding hydrogens is 360 g/mol. The molecule has 1 heterocycles. The number of ether oxygens (including phenoxy) is 1. The second-order valence-corrected chi connectivity index (χ2v) is 6.12. The van der Waals surface area contributed by atoms with Gasteiger partial charge in [-0.25, -0.2) is 4.79 Å². The lowest BCUT2D eigenvalue weighted by atomic mass is 9.93. The Labute approximate surface area is 161 Å². The number of hydrogen-bond acceptors (Lipinski definition) is 5. The summed E-state index contributed by atoms with van der Waals surface area (Å²) in [7, 11) is 0. The van der Waals surface area contributed by atoms with E-state index >= 15 is 0 Å². The van der Waals surface area contributed by atoms with Gasteiger partial charge in [0.25, 0.3) is 0 Å². The molecule has 5 nitrogen and oxygen atoms in total. The highest BCUT2D eigenvalue weighted by atomic mass is 32.1. The molecule has 0 saturated heterocycles. The summed E-state index contributed by atoms with van der Waals surface area (Å²) in [6.07, 6.45) is 0. The van der Waals surface area contributed by atoms with Crippen LogP contribution in [0.1, 0.15) is 22.8 Å². The van der Waals surface area contributed by atoms with Gasteiger partial charge >= 0.3 is 5.97 Å². The number of aromatic nitrogens is 1. The maximum atomic E-state index is 12.4. The molecule has 0 unspecified atom stereocenters. The van der Waals surface area contributed by atoms with Gasteiger partial charge in [0, 0.05) is 5.56 Å². The van der Waals surface area contributed by atoms with E-state index in [1.807, 2.05) is 54.6 Å². The summed E-state index contributed by atoms with van der Waals surface area (Å²) in [5, 5.41) is 19.9. The average Bonchev–Trinajstić information content (AvgIpc) is 2.68. The predicted molar refractivity (Wildman–Crippen MR) is 105 cm³/mol. The first-order valence-electron chi connectivity index (χ1n) is 8.29. The summed E-state index contributed by atoms with van der Waals surface area (Å²) < 4.78 is 5.12. The molecule has 3 aromatic rings. The van der Waals surface area contributed by atoms with Gasteiger partial charge in [0.05, 0.1) is 12.2 Å². The number of rotatable bonds is 4. The third-order valence-electron chi connectivity index (χ3n) is 4.05. The van der Waals surface area contributed by atoms with Gasteiger partial charge in [0.2, 0.25) is 5.88 Å². The number of aromatic hydroxyl groups is 1. The number of nitriles is 1. The lowest BCUT2D eigenvalue weighted by Crippen LogP contribution is -2.09. The van der Waals surface area contributed by atoms with E-state index in [-0.39, 0.29) is 27.9 Å². The van der Waals surface area contributed by atoms with Crippen molar-refractivity contribution < 1.29 is 14.6 Å². The maximum absolute atomic E-state index is 12.4. The van der Waals surface area contributed by atoms with Crippen molar-refractivity contribution in [2.24, 2.45) is 0 Å². The van der Waals surface area contributed by atoms with Crippen molar-refractivity contribution in [3.63, 3.8) is 0 Å². The van der Waals surface area contributed by atoms with Crippen molar-refractivity contribution in [2.75, 3.05) is 6.61 Å². The third kappa shape index (κ3) is 3.59. The van der Waals surface area contributed by atoms with Crippen LogP contribution in [0.2, 0.25) is 0 Å². The number of nitrogens with one attached hydrogen (secondary N) is 1. The van der Waals surface area contributed by atoms with Crippen LogP contribution >= 0.6 is 12.2 Å². The molecule has 2 N–H and O–H groups in total. The monoisotopic (exact) mass is 376 g/mol. The van der Waals surface area contributed by atoms with Crippen molar-refractivity contribution in [1.82, 2.24) is 4.98 Å². The number of esters is 1. The van der Waals surface area contributed by atoms with Gasteiger partial charge in [-0.05, 0) is 29.7 Å². The number of carbonyl (C=O) groups is 1. The Balaban J connectivity index is 2.29. The third-order valence-corrected chi connectivity index (χ3v) is 4.35. The Morgan fingerprint density at radius 3 is 2.48 bits per heavy atom. The van der Waals surface area contributed by atoms with E-state index in [0.29, 0.717) is 5.56 Å². The van der Waals surface area contributed by atoms with E-state index in [2.05, 4.69) is 4.98 Å². The van der Waals surface area contributed by atoms with Crippen LogP contribution < -0.4 is 0 Å². The van der Waals surface area contributed by atoms with E-state index in [4.69, 9.17) is 17.0 Å². The Morgan fingerprint density at radius 2 is 1.81 bits per heavy atom. The molecule has 0 saturated carbocycles. The van der Waals surface area contributed by atoms with Crippen molar-refractivity contribution in [3.8, 4) is 34.2 Å². The maximum Gasteiger partial charge on any atom is 0.344 e. The van der Waals surface area contributed by atoms with E-state index in [0.717, 1.165) is 11.1 Å². The second-order valence-electron chi connectivity index (χ2n) is 5.71. The molecule has 0 spiro atoms. The van der Waals surface area contributed by atoms with Crippen molar-refractivity contribution in [3.05, 3.63) is 70.4 Å². The Kier molecular flexibility index (Phi) is 5.34. The van der Waals surface area contributed by atoms with Crippen LogP contribution in [0.5, 0.6) is 5.88 Å².